The van der Waals surface area contributed by atoms with Crippen LogP contribution in [0.5, 0.6) is 11.5 Å². The van der Waals surface area contributed by atoms with Gasteiger partial charge in [0.05, 0.1) is 7.11 Å². The molecule has 1 saturated heterocycles. The van der Waals surface area contributed by atoms with Gasteiger partial charge in [0.2, 0.25) is 0 Å². The van der Waals surface area contributed by atoms with Crippen LogP contribution in [0.2, 0.25) is 0 Å². The highest BCUT2D eigenvalue weighted by atomic mass is 16.5. The average molecular weight is 263 g/mol. The molecule has 1 fully saturated rings. The van der Waals surface area contributed by atoms with Crippen molar-refractivity contribution >= 4 is 0 Å². The fourth-order valence-corrected chi connectivity index (χ4v) is 2.84. The predicted octanol–water partition coefficient (Wildman–Crippen LogP) is 3.30. The van der Waals surface area contributed by atoms with Crippen molar-refractivity contribution < 1.29 is 9.84 Å². The monoisotopic (exact) mass is 263 g/mol. The number of benzene rings is 1. The molecule has 1 unspecified atom stereocenters. The standard InChI is InChI=1S/C16H25NO2/c1-15(2,3)12-9-11(19-5)10-13(14(12)18)16(4)7-6-8-17-16/h9-10,17-18H,6-8H2,1-5H3. The Labute approximate surface area is 116 Å². The number of phenols is 1. The van der Waals surface area contributed by atoms with Crippen LogP contribution in [0.15, 0.2) is 12.1 Å². The number of nitrogens with one attached hydrogen (secondary N) is 1. The number of ether oxygens (including phenoxy) is 1. The molecule has 0 saturated carbocycles. The van der Waals surface area contributed by atoms with E-state index in [0.29, 0.717) is 5.75 Å². The highest BCUT2D eigenvalue weighted by Gasteiger charge is 2.35. The molecule has 1 aromatic rings. The molecule has 106 valence electrons. The molecule has 0 bridgehead atoms. The molecule has 1 aliphatic rings. The molecule has 0 aliphatic carbocycles. The van der Waals surface area contributed by atoms with Crippen molar-refractivity contribution in [3.63, 3.8) is 0 Å². The molecule has 1 aromatic carbocycles. The quantitative estimate of drug-likeness (QED) is 0.860. The summed E-state index contributed by atoms with van der Waals surface area (Å²) >= 11 is 0. The molecule has 0 aromatic heterocycles. The summed E-state index contributed by atoms with van der Waals surface area (Å²) in [5.74, 6) is 1.22. The Morgan fingerprint density at radius 3 is 2.47 bits per heavy atom. The minimum atomic E-state index is -0.154. The summed E-state index contributed by atoms with van der Waals surface area (Å²) < 4.78 is 5.41. The third-order valence-corrected chi connectivity index (χ3v) is 4.09. The van der Waals surface area contributed by atoms with Crippen molar-refractivity contribution in [3.8, 4) is 11.5 Å². The molecule has 0 spiro atoms. The molecule has 2 N–H and O–H groups in total. The number of phenolic OH excluding ortho intramolecular Hbond substituents is 1. The smallest absolute Gasteiger partial charge is 0.124 e. The predicted molar refractivity (Wildman–Crippen MR) is 77.9 cm³/mol. The molecule has 3 nitrogen and oxygen atoms in total. The van der Waals surface area contributed by atoms with E-state index in [0.717, 1.165) is 36.3 Å². The molecule has 0 amide bonds. The lowest BCUT2D eigenvalue weighted by Gasteiger charge is -2.30. The summed E-state index contributed by atoms with van der Waals surface area (Å²) in [6, 6.07) is 3.90. The van der Waals surface area contributed by atoms with Crippen molar-refractivity contribution in [2.24, 2.45) is 0 Å². The Balaban J connectivity index is 2.60. The first-order chi connectivity index (χ1) is 8.78. The summed E-state index contributed by atoms with van der Waals surface area (Å²) in [6.07, 6.45) is 2.18. The van der Waals surface area contributed by atoms with E-state index in [2.05, 4.69) is 33.0 Å². The zero-order valence-corrected chi connectivity index (χ0v) is 12.6. The maximum atomic E-state index is 10.7. The molecule has 3 heteroatoms. The van der Waals surface area contributed by atoms with Crippen LogP contribution in [0.3, 0.4) is 0 Å². The van der Waals surface area contributed by atoms with Gasteiger partial charge in [-0.25, -0.2) is 0 Å². The van der Waals surface area contributed by atoms with Crippen LogP contribution in [0, 0.1) is 0 Å². The summed E-state index contributed by atoms with van der Waals surface area (Å²) in [7, 11) is 1.67. The molecule has 1 atom stereocenters. The molecular formula is C16H25NO2. The molecule has 19 heavy (non-hydrogen) atoms. The van der Waals surface area contributed by atoms with E-state index in [1.165, 1.54) is 0 Å². The topological polar surface area (TPSA) is 41.5 Å². The van der Waals surface area contributed by atoms with E-state index in [1.54, 1.807) is 7.11 Å². The van der Waals surface area contributed by atoms with Crippen molar-refractivity contribution in [2.45, 2.75) is 51.5 Å². The maximum absolute atomic E-state index is 10.7. The largest absolute Gasteiger partial charge is 0.507 e. The van der Waals surface area contributed by atoms with Gasteiger partial charge < -0.3 is 15.2 Å². The Morgan fingerprint density at radius 1 is 1.32 bits per heavy atom. The Hall–Kier alpha value is -1.22. The van der Waals surface area contributed by atoms with E-state index >= 15 is 0 Å². The van der Waals surface area contributed by atoms with E-state index in [-0.39, 0.29) is 11.0 Å². The Bertz CT molecular complexity index is 468. The van der Waals surface area contributed by atoms with Gasteiger partial charge in [-0.1, -0.05) is 20.8 Å². The van der Waals surface area contributed by atoms with Gasteiger partial charge in [0, 0.05) is 16.7 Å². The number of aromatic hydroxyl groups is 1. The zero-order valence-electron chi connectivity index (χ0n) is 12.6. The van der Waals surface area contributed by atoms with Gasteiger partial charge in [-0.2, -0.15) is 0 Å². The van der Waals surface area contributed by atoms with E-state index in [1.807, 2.05) is 12.1 Å². The van der Waals surface area contributed by atoms with Crippen molar-refractivity contribution in [2.75, 3.05) is 13.7 Å². The summed E-state index contributed by atoms with van der Waals surface area (Å²) in [4.78, 5) is 0. The van der Waals surface area contributed by atoms with Crippen molar-refractivity contribution in [3.05, 3.63) is 23.3 Å². The van der Waals surface area contributed by atoms with Gasteiger partial charge >= 0.3 is 0 Å². The van der Waals surface area contributed by atoms with Crippen LogP contribution in [-0.4, -0.2) is 18.8 Å². The third kappa shape index (κ3) is 2.57. The second-order valence-corrected chi connectivity index (χ2v) is 6.68. The minimum Gasteiger partial charge on any atom is -0.507 e. The Morgan fingerprint density at radius 2 is 2.00 bits per heavy atom. The van der Waals surface area contributed by atoms with Gasteiger partial charge in [-0.05, 0) is 43.9 Å². The highest BCUT2D eigenvalue weighted by Crippen LogP contribution is 2.43. The zero-order chi connectivity index (χ0) is 14.3. The summed E-state index contributed by atoms with van der Waals surface area (Å²) in [5, 5.41) is 14.2. The molecule has 0 radical (unpaired) electrons. The fraction of sp³-hybridized carbons (Fsp3) is 0.625. The van der Waals surface area contributed by atoms with Crippen LogP contribution in [0.1, 0.15) is 51.7 Å². The van der Waals surface area contributed by atoms with Crippen LogP contribution in [0.4, 0.5) is 0 Å². The van der Waals surface area contributed by atoms with Gasteiger partial charge in [0.1, 0.15) is 11.5 Å². The van der Waals surface area contributed by atoms with Crippen LogP contribution >= 0.6 is 0 Å². The van der Waals surface area contributed by atoms with Crippen LogP contribution in [-0.2, 0) is 11.0 Å². The second-order valence-electron chi connectivity index (χ2n) is 6.68. The number of hydrogen-bond acceptors (Lipinski definition) is 3. The molecule has 2 rings (SSSR count). The number of hydrogen-bond donors (Lipinski definition) is 2. The third-order valence-electron chi connectivity index (χ3n) is 4.09. The van der Waals surface area contributed by atoms with Gasteiger partial charge in [-0.3, -0.25) is 0 Å². The average Bonchev–Trinajstić information content (AvgIpc) is 2.76. The van der Waals surface area contributed by atoms with Crippen molar-refractivity contribution in [1.29, 1.82) is 0 Å². The van der Waals surface area contributed by atoms with E-state index < -0.39 is 0 Å². The molecular weight excluding hydrogens is 238 g/mol. The maximum Gasteiger partial charge on any atom is 0.124 e. The van der Waals surface area contributed by atoms with Gasteiger partial charge in [0.15, 0.2) is 0 Å². The van der Waals surface area contributed by atoms with Crippen molar-refractivity contribution in [1.82, 2.24) is 5.32 Å². The summed E-state index contributed by atoms with van der Waals surface area (Å²) in [5.41, 5.74) is 1.63. The Kier molecular flexibility index (Phi) is 3.52. The first-order valence-corrected chi connectivity index (χ1v) is 6.95. The van der Waals surface area contributed by atoms with E-state index in [4.69, 9.17) is 4.74 Å². The first kappa shape index (κ1) is 14.2. The second kappa shape index (κ2) is 4.71. The highest BCUT2D eigenvalue weighted by molar-refractivity contribution is 5.52. The lowest BCUT2D eigenvalue weighted by Crippen LogP contribution is -2.33. The SMILES string of the molecule is COc1cc(C(C)(C)C)c(O)c(C2(C)CCCN2)c1. The summed E-state index contributed by atoms with van der Waals surface area (Å²) in [6.45, 7) is 9.47. The van der Waals surface area contributed by atoms with Gasteiger partial charge in [0.25, 0.3) is 0 Å². The number of methoxy groups -OCH3 is 1. The van der Waals surface area contributed by atoms with Crippen LogP contribution < -0.4 is 10.1 Å². The minimum absolute atomic E-state index is 0.109. The van der Waals surface area contributed by atoms with Gasteiger partial charge in [-0.15, -0.1) is 0 Å². The van der Waals surface area contributed by atoms with Crippen LogP contribution in [0.25, 0.3) is 0 Å². The number of rotatable bonds is 2. The molecule has 1 aliphatic heterocycles. The first-order valence-electron chi connectivity index (χ1n) is 6.95. The lowest BCUT2D eigenvalue weighted by molar-refractivity contribution is 0.371. The van der Waals surface area contributed by atoms with E-state index in [9.17, 15) is 5.11 Å². The molecule has 1 heterocycles. The normalized spacial score (nSPS) is 23.6. The lowest BCUT2D eigenvalue weighted by atomic mass is 9.81. The fourth-order valence-electron chi connectivity index (χ4n) is 2.84.